The van der Waals surface area contributed by atoms with Crippen molar-refractivity contribution in [2.24, 2.45) is 0 Å². The number of ether oxygens (including phenoxy) is 4. The Kier molecular flexibility index (Phi) is 6.70. The van der Waals surface area contributed by atoms with E-state index in [9.17, 15) is 0 Å². The maximum atomic E-state index is 6.05. The maximum Gasteiger partial charge on any atom is 0.119 e. The molecule has 0 spiro atoms. The van der Waals surface area contributed by atoms with Crippen LogP contribution in [0.25, 0.3) is 11.1 Å². The summed E-state index contributed by atoms with van der Waals surface area (Å²) in [5.41, 5.74) is 5.31. The lowest BCUT2D eigenvalue weighted by atomic mass is 10.1. The van der Waals surface area contributed by atoms with Gasteiger partial charge in [-0.1, -0.05) is 12.1 Å². The first-order chi connectivity index (χ1) is 15.3. The fourth-order valence-electron chi connectivity index (χ4n) is 4.58. The van der Waals surface area contributed by atoms with Crippen LogP contribution in [0.2, 0.25) is 0 Å². The van der Waals surface area contributed by atoms with Crippen LogP contribution in [0.3, 0.4) is 0 Å². The van der Waals surface area contributed by atoms with Crippen LogP contribution in [-0.2, 0) is 15.9 Å². The Morgan fingerprint density at radius 1 is 0.645 bits per heavy atom. The topological polar surface area (TPSA) is 43.4 Å². The molecule has 2 aromatic rings. The molecule has 6 nitrogen and oxygen atoms in total. The number of hydrogen-bond acceptors (Lipinski definition) is 6. The van der Waals surface area contributed by atoms with Gasteiger partial charge in [-0.2, -0.15) is 0 Å². The highest BCUT2D eigenvalue weighted by Gasteiger charge is 2.20. The first-order valence-electron chi connectivity index (χ1n) is 11.5. The molecular weight excluding hydrogens is 392 g/mol. The molecule has 5 rings (SSSR count). The summed E-state index contributed by atoms with van der Waals surface area (Å²) in [6.07, 6.45) is 0.937. The molecule has 2 saturated heterocycles. The third kappa shape index (κ3) is 5.21. The van der Waals surface area contributed by atoms with Crippen LogP contribution in [0.15, 0.2) is 36.4 Å². The van der Waals surface area contributed by atoms with E-state index < -0.39 is 0 Å². The van der Waals surface area contributed by atoms with Crippen molar-refractivity contribution in [2.75, 3.05) is 78.9 Å². The molecule has 6 heteroatoms. The van der Waals surface area contributed by atoms with Crippen molar-refractivity contribution in [3.05, 3.63) is 47.5 Å². The lowest BCUT2D eigenvalue weighted by Gasteiger charge is -2.26. The van der Waals surface area contributed by atoms with Crippen LogP contribution in [-0.4, -0.2) is 88.7 Å². The van der Waals surface area contributed by atoms with Gasteiger partial charge in [0.25, 0.3) is 0 Å². The number of hydrogen-bond donors (Lipinski definition) is 0. The van der Waals surface area contributed by atoms with Gasteiger partial charge in [-0.3, -0.25) is 9.80 Å². The molecule has 1 aliphatic carbocycles. The van der Waals surface area contributed by atoms with Gasteiger partial charge in [-0.05, 0) is 52.9 Å². The predicted octanol–water partition coefficient (Wildman–Crippen LogP) is 2.68. The summed E-state index contributed by atoms with van der Waals surface area (Å²) in [5, 5.41) is 0. The zero-order valence-corrected chi connectivity index (χ0v) is 18.2. The van der Waals surface area contributed by atoms with E-state index in [4.69, 9.17) is 18.9 Å². The fourth-order valence-corrected chi connectivity index (χ4v) is 4.58. The Bertz CT molecular complexity index is 804. The van der Waals surface area contributed by atoms with Gasteiger partial charge >= 0.3 is 0 Å². The number of benzene rings is 2. The monoisotopic (exact) mass is 424 g/mol. The van der Waals surface area contributed by atoms with Crippen molar-refractivity contribution in [3.63, 3.8) is 0 Å². The second-order valence-electron chi connectivity index (χ2n) is 8.42. The molecule has 0 bridgehead atoms. The van der Waals surface area contributed by atoms with Gasteiger partial charge in [0.1, 0.15) is 24.7 Å². The van der Waals surface area contributed by atoms with Crippen LogP contribution in [0.5, 0.6) is 11.5 Å². The van der Waals surface area contributed by atoms with Crippen LogP contribution in [0.4, 0.5) is 0 Å². The summed E-state index contributed by atoms with van der Waals surface area (Å²) in [6, 6.07) is 13.0. The number of fused-ring (bicyclic) bond motifs is 3. The zero-order valence-electron chi connectivity index (χ0n) is 18.2. The highest BCUT2D eigenvalue weighted by molar-refractivity contribution is 5.78. The molecule has 2 aliphatic heterocycles. The second kappa shape index (κ2) is 10.0. The Labute approximate surface area is 184 Å². The largest absolute Gasteiger partial charge is 0.492 e. The summed E-state index contributed by atoms with van der Waals surface area (Å²) >= 11 is 0. The smallest absolute Gasteiger partial charge is 0.119 e. The first kappa shape index (κ1) is 20.8. The molecule has 3 aliphatic rings. The molecule has 0 atom stereocenters. The first-order valence-corrected chi connectivity index (χ1v) is 11.5. The minimum atomic E-state index is 0.715. The van der Waals surface area contributed by atoms with Gasteiger partial charge in [-0.15, -0.1) is 0 Å². The summed E-state index contributed by atoms with van der Waals surface area (Å²) in [5.74, 6) is 1.92. The quantitative estimate of drug-likeness (QED) is 0.554. The Hall–Kier alpha value is -2.12. The summed E-state index contributed by atoms with van der Waals surface area (Å²) in [7, 11) is 0. The molecule has 0 unspecified atom stereocenters. The lowest BCUT2D eigenvalue weighted by Crippen LogP contribution is -2.38. The summed E-state index contributed by atoms with van der Waals surface area (Å²) in [4.78, 5) is 4.79. The van der Waals surface area contributed by atoms with E-state index in [0.29, 0.717) is 13.2 Å². The number of rotatable bonds is 8. The molecule has 0 saturated carbocycles. The van der Waals surface area contributed by atoms with E-state index >= 15 is 0 Å². The third-order valence-electron chi connectivity index (χ3n) is 6.38. The highest BCUT2D eigenvalue weighted by atomic mass is 16.5. The standard InChI is InChI=1S/C25H32N2O4/c1-3-24-20(18-22(1)30-15-9-26-5-11-28-12-6-26)17-21-19-23(2-4-25(21)24)31-16-10-27-7-13-29-14-8-27/h1-4,18-19H,5-17H2. The van der Waals surface area contributed by atoms with Crippen molar-refractivity contribution >= 4 is 0 Å². The molecule has 0 aromatic heterocycles. The van der Waals surface area contributed by atoms with Crippen molar-refractivity contribution in [3.8, 4) is 22.6 Å². The van der Waals surface area contributed by atoms with Gasteiger partial charge < -0.3 is 18.9 Å². The van der Waals surface area contributed by atoms with Gasteiger partial charge in [0.2, 0.25) is 0 Å². The van der Waals surface area contributed by atoms with E-state index in [0.717, 1.165) is 83.6 Å². The van der Waals surface area contributed by atoms with Crippen molar-refractivity contribution < 1.29 is 18.9 Å². The molecule has 0 N–H and O–H groups in total. The van der Waals surface area contributed by atoms with Crippen LogP contribution in [0.1, 0.15) is 11.1 Å². The molecule has 166 valence electrons. The average molecular weight is 425 g/mol. The fraction of sp³-hybridized carbons (Fsp3) is 0.520. The van der Waals surface area contributed by atoms with Crippen LogP contribution >= 0.6 is 0 Å². The minimum Gasteiger partial charge on any atom is -0.492 e. The second-order valence-corrected chi connectivity index (χ2v) is 8.42. The van der Waals surface area contributed by atoms with Gasteiger partial charge in [0.05, 0.1) is 26.4 Å². The van der Waals surface area contributed by atoms with E-state index in [-0.39, 0.29) is 0 Å². The Balaban J connectivity index is 1.14. The number of morpholine rings is 2. The Morgan fingerprint density at radius 3 is 1.55 bits per heavy atom. The third-order valence-corrected chi connectivity index (χ3v) is 6.38. The normalized spacial score (nSPS) is 19.1. The predicted molar refractivity (Wildman–Crippen MR) is 120 cm³/mol. The van der Waals surface area contributed by atoms with Gasteiger partial charge in [-0.25, -0.2) is 0 Å². The average Bonchev–Trinajstić information content (AvgIpc) is 3.17. The molecule has 0 radical (unpaired) electrons. The van der Waals surface area contributed by atoms with E-state index in [1.54, 1.807) is 0 Å². The van der Waals surface area contributed by atoms with Crippen molar-refractivity contribution in [1.82, 2.24) is 9.80 Å². The number of nitrogens with zero attached hydrogens (tertiary/aromatic N) is 2. The molecule has 2 aromatic carbocycles. The molecule has 0 amide bonds. The summed E-state index contributed by atoms with van der Waals surface area (Å²) in [6.45, 7) is 10.6. The Morgan fingerprint density at radius 2 is 1.10 bits per heavy atom. The highest BCUT2D eigenvalue weighted by Crippen LogP contribution is 2.39. The lowest BCUT2D eigenvalue weighted by molar-refractivity contribution is 0.0321. The van der Waals surface area contributed by atoms with E-state index in [1.165, 1.54) is 22.3 Å². The van der Waals surface area contributed by atoms with Crippen LogP contribution < -0.4 is 9.47 Å². The van der Waals surface area contributed by atoms with Crippen molar-refractivity contribution in [1.29, 1.82) is 0 Å². The minimum absolute atomic E-state index is 0.715. The SMILES string of the molecule is c1cc2c(cc1OCCN1CCOCC1)Cc1cc(OCCN3CCOCC3)ccc1-2. The van der Waals surface area contributed by atoms with Gasteiger partial charge in [0.15, 0.2) is 0 Å². The van der Waals surface area contributed by atoms with Crippen molar-refractivity contribution in [2.45, 2.75) is 6.42 Å². The molecular formula is C25H32N2O4. The van der Waals surface area contributed by atoms with Gasteiger partial charge in [0, 0.05) is 39.3 Å². The van der Waals surface area contributed by atoms with E-state index in [1.807, 2.05) is 0 Å². The zero-order chi connectivity index (χ0) is 20.9. The summed E-state index contributed by atoms with van der Waals surface area (Å²) < 4.78 is 22.9. The maximum absolute atomic E-state index is 6.05. The molecule has 2 heterocycles. The molecule has 31 heavy (non-hydrogen) atoms. The van der Waals surface area contributed by atoms with E-state index in [2.05, 4.69) is 46.2 Å². The van der Waals surface area contributed by atoms with Crippen LogP contribution in [0, 0.1) is 0 Å². The molecule has 2 fully saturated rings.